The van der Waals surface area contributed by atoms with Crippen LogP contribution in [-0.4, -0.2) is 55.3 Å². The Balaban J connectivity index is 1.58. The fraction of sp³-hybridized carbons (Fsp3) is 0.474. The molecule has 2 aromatic rings. The van der Waals surface area contributed by atoms with Crippen molar-refractivity contribution < 1.29 is 14.3 Å². The van der Waals surface area contributed by atoms with E-state index in [1.54, 1.807) is 7.11 Å². The molecule has 0 unspecified atom stereocenters. The quantitative estimate of drug-likeness (QED) is 0.519. The zero-order valence-electron chi connectivity index (χ0n) is 15.7. The minimum absolute atomic E-state index is 0.205. The van der Waals surface area contributed by atoms with Crippen LogP contribution in [-0.2, 0) is 22.6 Å². The maximum atomic E-state index is 11.8. The zero-order chi connectivity index (χ0) is 19.2. The van der Waals surface area contributed by atoms with Crippen LogP contribution in [0.5, 0.6) is 5.75 Å². The topological polar surface area (TPSA) is 46.9 Å². The number of nitrogens with zero attached hydrogens (tertiary/aromatic N) is 3. The second-order valence-electron chi connectivity index (χ2n) is 6.35. The van der Waals surface area contributed by atoms with E-state index in [4.69, 9.17) is 21.7 Å². The molecule has 146 valence electrons. The van der Waals surface area contributed by atoms with Crippen LogP contribution in [0.1, 0.15) is 12.6 Å². The molecule has 27 heavy (non-hydrogen) atoms. The van der Waals surface area contributed by atoms with E-state index in [1.165, 1.54) is 17.0 Å². The Morgan fingerprint density at radius 2 is 1.89 bits per heavy atom. The van der Waals surface area contributed by atoms with Gasteiger partial charge in [-0.15, -0.1) is 11.3 Å². The fourth-order valence-electron chi connectivity index (χ4n) is 3.15. The van der Waals surface area contributed by atoms with Gasteiger partial charge in [0.25, 0.3) is 0 Å². The van der Waals surface area contributed by atoms with Gasteiger partial charge in [-0.2, -0.15) is 0 Å². The lowest BCUT2D eigenvalue weighted by Crippen LogP contribution is -2.47. The number of benzene rings is 1. The van der Waals surface area contributed by atoms with Crippen molar-refractivity contribution in [3.05, 3.63) is 39.3 Å². The minimum Gasteiger partial charge on any atom is -0.497 e. The number of anilines is 1. The predicted molar refractivity (Wildman–Crippen MR) is 110 cm³/mol. The Morgan fingerprint density at radius 1 is 1.19 bits per heavy atom. The van der Waals surface area contributed by atoms with Gasteiger partial charge in [0.15, 0.2) is 3.95 Å². The third-order valence-electron chi connectivity index (χ3n) is 4.64. The number of carbonyl (C=O) groups is 1. The summed E-state index contributed by atoms with van der Waals surface area (Å²) >= 11 is 6.96. The van der Waals surface area contributed by atoms with Crippen molar-refractivity contribution in [1.29, 1.82) is 0 Å². The normalized spacial score (nSPS) is 15.0. The molecule has 3 rings (SSSR count). The van der Waals surface area contributed by atoms with Crippen LogP contribution >= 0.6 is 23.6 Å². The summed E-state index contributed by atoms with van der Waals surface area (Å²) in [7, 11) is 1.68. The molecule has 0 spiro atoms. The van der Waals surface area contributed by atoms with E-state index in [0.717, 1.165) is 41.6 Å². The molecular weight excluding hydrogens is 382 g/mol. The summed E-state index contributed by atoms with van der Waals surface area (Å²) in [6, 6.07) is 8.18. The monoisotopic (exact) mass is 407 g/mol. The van der Waals surface area contributed by atoms with Crippen LogP contribution < -0.4 is 9.64 Å². The lowest BCUT2D eigenvalue weighted by molar-refractivity contribution is -0.142. The summed E-state index contributed by atoms with van der Waals surface area (Å²) in [6.45, 7) is 6.74. The standard InChI is InChI=1S/C19H25N3O3S2/c1-3-25-18(23)12-16-13-27-19(26)22(16)14-20-8-10-21(11-9-20)15-4-6-17(24-2)7-5-15/h4-7,13H,3,8-12,14H2,1-2H3. The van der Waals surface area contributed by atoms with Gasteiger partial charge in [-0.05, 0) is 43.4 Å². The molecule has 0 N–H and O–H groups in total. The van der Waals surface area contributed by atoms with Gasteiger partial charge in [0.1, 0.15) is 5.75 Å². The van der Waals surface area contributed by atoms with Crippen LogP contribution in [0, 0.1) is 3.95 Å². The van der Waals surface area contributed by atoms with Crippen LogP contribution in [0.15, 0.2) is 29.6 Å². The number of carbonyl (C=O) groups excluding carboxylic acids is 1. The van der Waals surface area contributed by atoms with Crippen LogP contribution in [0.2, 0.25) is 0 Å². The van der Waals surface area contributed by atoms with Crippen molar-refractivity contribution in [1.82, 2.24) is 9.47 Å². The van der Waals surface area contributed by atoms with Crippen LogP contribution in [0.25, 0.3) is 0 Å². The van der Waals surface area contributed by atoms with Gasteiger partial charge in [-0.25, -0.2) is 0 Å². The SMILES string of the molecule is CCOC(=O)Cc1csc(=S)n1CN1CCN(c2ccc(OC)cc2)CC1. The van der Waals surface area contributed by atoms with Gasteiger partial charge in [-0.1, -0.05) is 0 Å². The zero-order valence-corrected chi connectivity index (χ0v) is 17.4. The van der Waals surface area contributed by atoms with Gasteiger partial charge >= 0.3 is 5.97 Å². The molecule has 1 aliphatic rings. The maximum Gasteiger partial charge on any atom is 0.311 e. The number of methoxy groups -OCH3 is 1. The molecule has 0 radical (unpaired) electrons. The van der Waals surface area contributed by atoms with E-state index in [1.807, 2.05) is 24.4 Å². The van der Waals surface area contributed by atoms with Crippen molar-refractivity contribution in [2.45, 2.75) is 20.0 Å². The molecule has 2 heterocycles. The number of ether oxygens (including phenoxy) is 2. The molecule has 0 saturated carbocycles. The number of aromatic nitrogens is 1. The van der Waals surface area contributed by atoms with Gasteiger partial charge in [-0.3, -0.25) is 9.69 Å². The minimum atomic E-state index is -0.205. The van der Waals surface area contributed by atoms with E-state index >= 15 is 0 Å². The van der Waals surface area contributed by atoms with Gasteiger partial charge in [0.2, 0.25) is 0 Å². The lowest BCUT2D eigenvalue weighted by atomic mass is 10.2. The number of thiazole rings is 1. The fourth-order valence-corrected chi connectivity index (χ4v) is 4.22. The summed E-state index contributed by atoms with van der Waals surface area (Å²) in [5.41, 5.74) is 2.15. The summed E-state index contributed by atoms with van der Waals surface area (Å²) in [6.07, 6.45) is 0.271. The highest BCUT2D eigenvalue weighted by molar-refractivity contribution is 7.73. The van der Waals surface area contributed by atoms with Crippen molar-refractivity contribution in [3.63, 3.8) is 0 Å². The Bertz CT molecular complexity index is 808. The van der Waals surface area contributed by atoms with Crippen LogP contribution in [0.4, 0.5) is 5.69 Å². The molecule has 1 fully saturated rings. The Labute approximate surface area is 168 Å². The molecule has 1 aliphatic heterocycles. The highest BCUT2D eigenvalue weighted by Gasteiger charge is 2.19. The molecule has 6 nitrogen and oxygen atoms in total. The molecule has 8 heteroatoms. The van der Waals surface area contributed by atoms with Crippen molar-refractivity contribution in [3.8, 4) is 5.75 Å². The summed E-state index contributed by atoms with van der Waals surface area (Å²) in [4.78, 5) is 16.6. The van der Waals surface area contributed by atoms with Crippen molar-refractivity contribution >= 4 is 35.2 Å². The molecule has 1 aromatic carbocycles. The second kappa shape index (κ2) is 9.34. The van der Waals surface area contributed by atoms with Gasteiger partial charge in [0.05, 0.1) is 26.8 Å². The number of hydrogen-bond acceptors (Lipinski definition) is 7. The molecule has 0 atom stereocenters. The highest BCUT2D eigenvalue weighted by atomic mass is 32.1. The number of hydrogen-bond donors (Lipinski definition) is 0. The van der Waals surface area contributed by atoms with Crippen LogP contribution in [0.3, 0.4) is 0 Å². The third kappa shape index (κ3) is 5.09. The smallest absolute Gasteiger partial charge is 0.311 e. The average molecular weight is 408 g/mol. The highest BCUT2D eigenvalue weighted by Crippen LogP contribution is 2.21. The lowest BCUT2D eigenvalue weighted by Gasteiger charge is -2.36. The number of piperazine rings is 1. The number of esters is 1. The van der Waals surface area contributed by atoms with E-state index in [2.05, 4.69) is 26.5 Å². The van der Waals surface area contributed by atoms with Gasteiger partial charge in [0, 0.05) is 42.9 Å². The first-order valence-corrected chi connectivity index (χ1v) is 10.3. The Kier molecular flexibility index (Phi) is 6.87. The first-order chi connectivity index (χ1) is 13.1. The molecule has 0 amide bonds. The van der Waals surface area contributed by atoms with Gasteiger partial charge < -0.3 is 18.9 Å². The summed E-state index contributed by atoms with van der Waals surface area (Å²) in [5.74, 6) is 0.668. The second-order valence-corrected chi connectivity index (χ2v) is 7.85. The van der Waals surface area contributed by atoms with E-state index < -0.39 is 0 Å². The average Bonchev–Trinajstić information content (AvgIpc) is 3.02. The van der Waals surface area contributed by atoms with Crippen molar-refractivity contribution in [2.24, 2.45) is 0 Å². The number of rotatable bonds is 7. The molecular formula is C19H25N3O3S2. The Morgan fingerprint density at radius 3 is 2.52 bits per heavy atom. The predicted octanol–water partition coefficient (Wildman–Crippen LogP) is 3.17. The van der Waals surface area contributed by atoms with E-state index in [-0.39, 0.29) is 12.4 Å². The van der Waals surface area contributed by atoms with Crippen molar-refractivity contribution in [2.75, 3.05) is 44.8 Å². The molecule has 0 bridgehead atoms. The molecule has 0 aliphatic carbocycles. The maximum absolute atomic E-state index is 11.8. The largest absolute Gasteiger partial charge is 0.497 e. The first kappa shape index (κ1) is 19.9. The summed E-state index contributed by atoms with van der Waals surface area (Å²) in [5, 5.41) is 1.97. The van der Waals surface area contributed by atoms with E-state index in [9.17, 15) is 4.79 Å². The van der Waals surface area contributed by atoms with E-state index in [0.29, 0.717) is 13.3 Å². The molecule has 1 saturated heterocycles. The Hall–Kier alpha value is -1.90. The molecule has 1 aromatic heterocycles. The summed E-state index contributed by atoms with van der Waals surface area (Å²) < 4.78 is 13.1. The first-order valence-electron chi connectivity index (χ1n) is 9.05. The third-order valence-corrected chi connectivity index (χ3v) is 5.97.